The first-order valence-corrected chi connectivity index (χ1v) is 6.71. The Morgan fingerprint density at radius 3 is 2.24 bits per heavy atom. The molecule has 3 heteroatoms. The summed E-state index contributed by atoms with van der Waals surface area (Å²) < 4.78 is 0. The van der Waals surface area contributed by atoms with Crippen LogP contribution in [-0.2, 0) is 0 Å². The number of nitrogens with zero attached hydrogens (tertiary/aromatic N) is 1. The van der Waals surface area contributed by atoms with Gasteiger partial charge in [-0.15, -0.1) is 0 Å². The van der Waals surface area contributed by atoms with Gasteiger partial charge in [-0.25, -0.2) is 0 Å². The molecule has 1 fully saturated rings. The number of nitrogens with two attached hydrogens (primary N) is 1. The number of hydrogen-bond donors (Lipinski definition) is 2. The van der Waals surface area contributed by atoms with E-state index in [4.69, 9.17) is 5.84 Å². The Morgan fingerprint density at radius 2 is 1.88 bits per heavy atom. The molecule has 1 atom stereocenters. The molecule has 0 aromatic heterocycles. The van der Waals surface area contributed by atoms with Crippen molar-refractivity contribution in [1.29, 1.82) is 0 Å². The van der Waals surface area contributed by atoms with Crippen LogP contribution in [0.4, 0.5) is 0 Å². The largest absolute Gasteiger partial charge is 0.302 e. The van der Waals surface area contributed by atoms with Crippen molar-refractivity contribution >= 4 is 0 Å². The molecule has 0 aliphatic heterocycles. The van der Waals surface area contributed by atoms with Crippen LogP contribution in [0.3, 0.4) is 0 Å². The minimum Gasteiger partial charge on any atom is -0.302 e. The Balaban J connectivity index is 2.94. The highest BCUT2D eigenvalue weighted by Gasteiger charge is 2.41. The highest BCUT2D eigenvalue weighted by Crippen LogP contribution is 2.38. The van der Waals surface area contributed by atoms with Crippen molar-refractivity contribution in [2.24, 2.45) is 11.8 Å². The zero-order valence-electron chi connectivity index (χ0n) is 12.1. The molecule has 0 amide bonds. The average Bonchev–Trinajstić information content (AvgIpc) is 2.27. The molecule has 0 aromatic carbocycles. The molecule has 17 heavy (non-hydrogen) atoms. The third-order valence-corrected chi connectivity index (χ3v) is 4.29. The number of allylic oxidation sites excluding steroid dienone is 1. The zero-order chi connectivity index (χ0) is 13.1. The topological polar surface area (TPSA) is 41.3 Å². The molecule has 3 N–H and O–H groups in total. The summed E-state index contributed by atoms with van der Waals surface area (Å²) in [7, 11) is 4.36. The van der Waals surface area contributed by atoms with Crippen LogP contribution in [-0.4, -0.2) is 30.6 Å². The van der Waals surface area contributed by atoms with E-state index in [1.54, 1.807) is 0 Å². The summed E-state index contributed by atoms with van der Waals surface area (Å²) in [6, 6.07) is 0.245. The number of hydrazine groups is 1. The highest BCUT2D eigenvalue weighted by atomic mass is 15.3. The van der Waals surface area contributed by atoms with Gasteiger partial charge < -0.3 is 4.90 Å². The lowest BCUT2D eigenvalue weighted by molar-refractivity contribution is 0.0587. The predicted molar refractivity (Wildman–Crippen MR) is 74.6 cm³/mol. The van der Waals surface area contributed by atoms with Gasteiger partial charge in [0.2, 0.25) is 0 Å². The lowest BCUT2D eigenvalue weighted by atomic mass is 9.72. The van der Waals surface area contributed by atoms with Gasteiger partial charge >= 0.3 is 0 Å². The van der Waals surface area contributed by atoms with Crippen molar-refractivity contribution in [3.05, 3.63) is 11.6 Å². The Hall–Kier alpha value is -0.380. The standard InChI is InChI=1S/C14H29N3/c1-11(2)10-13(16-15)14(17(4)5)8-6-12(3)7-9-14/h10,12-13,16H,6-9,15H2,1-5H3. The summed E-state index contributed by atoms with van der Waals surface area (Å²) in [5.41, 5.74) is 4.53. The lowest BCUT2D eigenvalue weighted by Crippen LogP contribution is -2.61. The molecule has 0 radical (unpaired) electrons. The molecule has 0 bridgehead atoms. The molecule has 0 spiro atoms. The smallest absolute Gasteiger partial charge is 0.0576 e. The number of nitrogens with one attached hydrogen (secondary N) is 1. The second-order valence-electron chi connectivity index (χ2n) is 6.07. The quantitative estimate of drug-likeness (QED) is 0.449. The van der Waals surface area contributed by atoms with Crippen LogP contribution >= 0.6 is 0 Å². The number of rotatable bonds is 4. The van der Waals surface area contributed by atoms with Gasteiger partial charge in [-0.1, -0.05) is 18.6 Å². The molecule has 0 saturated heterocycles. The Bertz CT molecular complexity index is 259. The van der Waals surface area contributed by atoms with Gasteiger partial charge in [-0.3, -0.25) is 11.3 Å². The maximum atomic E-state index is 5.79. The van der Waals surface area contributed by atoms with Crippen molar-refractivity contribution in [2.45, 2.75) is 58.0 Å². The van der Waals surface area contributed by atoms with E-state index in [1.165, 1.54) is 31.3 Å². The van der Waals surface area contributed by atoms with E-state index in [0.717, 1.165) is 5.92 Å². The molecule has 3 nitrogen and oxygen atoms in total. The molecular weight excluding hydrogens is 210 g/mol. The van der Waals surface area contributed by atoms with Crippen LogP contribution in [0.25, 0.3) is 0 Å². The van der Waals surface area contributed by atoms with E-state index >= 15 is 0 Å². The van der Waals surface area contributed by atoms with Crippen molar-refractivity contribution in [3.63, 3.8) is 0 Å². The van der Waals surface area contributed by atoms with E-state index in [-0.39, 0.29) is 11.6 Å². The van der Waals surface area contributed by atoms with Gasteiger partial charge in [-0.2, -0.15) is 0 Å². The molecule has 1 aliphatic carbocycles. The first-order valence-electron chi connectivity index (χ1n) is 6.71. The van der Waals surface area contributed by atoms with E-state index in [0.29, 0.717) is 0 Å². The lowest BCUT2D eigenvalue weighted by Gasteiger charge is -2.48. The normalized spacial score (nSPS) is 31.4. The highest BCUT2D eigenvalue weighted by molar-refractivity contribution is 5.12. The Labute approximate surface area is 106 Å². The molecule has 1 rings (SSSR count). The fraction of sp³-hybridized carbons (Fsp3) is 0.857. The second kappa shape index (κ2) is 5.98. The van der Waals surface area contributed by atoms with Gasteiger partial charge in [0.1, 0.15) is 0 Å². The summed E-state index contributed by atoms with van der Waals surface area (Å²) in [4.78, 5) is 2.36. The predicted octanol–water partition coefficient (Wildman–Crippen LogP) is 2.29. The SMILES string of the molecule is CC(C)=CC(NN)C1(N(C)C)CCC(C)CC1. The minimum absolute atomic E-state index is 0.179. The Kier molecular flexibility index (Phi) is 5.17. The van der Waals surface area contributed by atoms with Crippen LogP contribution in [0, 0.1) is 5.92 Å². The molecule has 1 aliphatic rings. The molecular formula is C14H29N3. The van der Waals surface area contributed by atoms with Crippen LogP contribution in [0.1, 0.15) is 46.5 Å². The van der Waals surface area contributed by atoms with Crippen LogP contribution in [0.5, 0.6) is 0 Å². The van der Waals surface area contributed by atoms with Gasteiger partial charge in [0.25, 0.3) is 0 Å². The third kappa shape index (κ3) is 3.30. The van der Waals surface area contributed by atoms with Crippen LogP contribution < -0.4 is 11.3 Å². The van der Waals surface area contributed by atoms with E-state index in [9.17, 15) is 0 Å². The van der Waals surface area contributed by atoms with Crippen LogP contribution in [0.15, 0.2) is 11.6 Å². The summed E-state index contributed by atoms with van der Waals surface area (Å²) in [5, 5.41) is 0. The van der Waals surface area contributed by atoms with Gasteiger partial charge in [0.15, 0.2) is 0 Å². The van der Waals surface area contributed by atoms with E-state index in [1.807, 2.05) is 0 Å². The van der Waals surface area contributed by atoms with Crippen molar-refractivity contribution in [1.82, 2.24) is 10.3 Å². The maximum absolute atomic E-state index is 5.79. The monoisotopic (exact) mass is 239 g/mol. The fourth-order valence-corrected chi connectivity index (χ4v) is 2.99. The van der Waals surface area contributed by atoms with Crippen molar-refractivity contribution in [3.8, 4) is 0 Å². The van der Waals surface area contributed by atoms with Crippen LogP contribution in [0.2, 0.25) is 0 Å². The molecule has 1 unspecified atom stereocenters. The first kappa shape index (κ1) is 14.7. The maximum Gasteiger partial charge on any atom is 0.0576 e. The summed E-state index contributed by atoms with van der Waals surface area (Å²) in [6.45, 7) is 6.63. The van der Waals surface area contributed by atoms with Gasteiger partial charge in [0, 0.05) is 5.54 Å². The summed E-state index contributed by atoms with van der Waals surface area (Å²) >= 11 is 0. The minimum atomic E-state index is 0.179. The van der Waals surface area contributed by atoms with Gasteiger partial charge in [-0.05, 0) is 59.5 Å². The molecule has 1 saturated carbocycles. The molecule has 100 valence electrons. The van der Waals surface area contributed by atoms with E-state index in [2.05, 4.69) is 51.3 Å². The number of hydrogen-bond acceptors (Lipinski definition) is 3. The fourth-order valence-electron chi connectivity index (χ4n) is 2.99. The van der Waals surface area contributed by atoms with Crippen molar-refractivity contribution in [2.75, 3.05) is 14.1 Å². The zero-order valence-corrected chi connectivity index (χ0v) is 12.1. The molecule has 0 aromatic rings. The number of likely N-dealkylation sites (N-methyl/N-ethyl adjacent to an activating group) is 1. The summed E-state index contributed by atoms with van der Waals surface area (Å²) in [6.07, 6.45) is 7.32. The molecule has 0 heterocycles. The first-order chi connectivity index (χ1) is 7.92. The van der Waals surface area contributed by atoms with Gasteiger partial charge in [0.05, 0.1) is 6.04 Å². The summed E-state index contributed by atoms with van der Waals surface area (Å²) in [5.74, 6) is 6.64. The average molecular weight is 239 g/mol. The van der Waals surface area contributed by atoms with Crippen molar-refractivity contribution < 1.29 is 0 Å². The van der Waals surface area contributed by atoms with E-state index < -0.39 is 0 Å². The second-order valence-corrected chi connectivity index (χ2v) is 6.07. The Morgan fingerprint density at radius 1 is 1.35 bits per heavy atom. The third-order valence-electron chi connectivity index (χ3n) is 4.29.